The van der Waals surface area contributed by atoms with Crippen LogP contribution < -0.4 is 0 Å². The highest BCUT2D eigenvalue weighted by atomic mass is 16.2. The fraction of sp³-hybridized carbons (Fsp3) is 0.385. The molecule has 1 heterocycles. The van der Waals surface area contributed by atoms with Crippen LogP contribution in [0.4, 0.5) is 0 Å². The summed E-state index contributed by atoms with van der Waals surface area (Å²) >= 11 is 0. The van der Waals surface area contributed by atoms with Crippen molar-refractivity contribution in [1.82, 2.24) is 9.80 Å². The van der Waals surface area contributed by atoms with Crippen LogP contribution in [0.5, 0.6) is 0 Å². The smallest absolute Gasteiger partial charge is 0.312 e. The standard InChI is InChI=1S/C13H16N2O2/c1-14-9-10-15(13(17)12(14)16)8-7-11-5-3-2-4-6-11/h2-6H,7-10H2,1H3. The number of benzene rings is 1. The van der Waals surface area contributed by atoms with E-state index in [1.165, 1.54) is 10.5 Å². The summed E-state index contributed by atoms with van der Waals surface area (Å²) in [7, 11) is 1.66. The Morgan fingerprint density at radius 1 is 1.06 bits per heavy atom. The highest BCUT2D eigenvalue weighted by Gasteiger charge is 2.29. The quantitative estimate of drug-likeness (QED) is 0.713. The summed E-state index contributed by atoms with van der Waals surface area (Å²) in [5, 5.41) is 0. The summed E-state index contributed by atoms with van der Waals surface area (Å²) in [5.41, 5.74) is 1.19. The number of carbonyl (C=O) groups is 2. The van der Waals surface area contributed by atoms with Gasteiger partial charge in [0, 0.05) is 26.7 Å². The Morgan fingerprint density at radius 2 is 1.76 bits per heavy atom. The van der Waals surface area contributed by atoms with Gasteiger partial charge in [0.1, 0.15) is 0 Å². The average molecular weight is 232 g/mol. The normalized spacial score (nSPS) is 16.5. The van der Waals surface area contributed by atoms with Gasteiger partial charge in [-0.2, -0.15) is 0 Å². The van der Waals surface area contributed by atoms with Crippen molar-refractivity contribution in [1.29, 1.82) is 0 Å². The Labute approximate surface area is 101 Å². The van der Waals surface area contributed by atoms with Gasteiger partial charge in [-0.25, -0.2) is 0 Å². The first-order chi connectivity index (χ1) is 8.18. The number of carbonyl (C=O) groups excluding carboxylic acids is 2. The molecule has 1 fully saturated rings. The maximum Gasteiger partial charge on any atom is 0.312 e. The van der Waals surface area contributed by atoms with E-state index in [0.717, 1.165) is 6.42 Å². The molecule has 0 aromatic heterocycles. The minimum Gasteiger partial charge on any atom is -0.336 e. The van der Waals surface area contributed by atoms with E-state index in [4.69, 9.17) is 0 Å². The van der Waals surface area contributed by atoms with Crippen LogP contribution in [0.3, 0.4) is 0 Å². The van der Waals surface area contributed by atoms with Crippen molar-refractivity contribution in [2.45, 2.75) is 6.42 Å². The number of hydrogen-bond donors (Lipinski definition) is 0. The van der Waals surface area contributed by atoms with Crippen molar-refractivity contribution in [3.63, 3.8) is 0 Å². The van der Waals surface area contributed by atoms with Gasteiger partial charge in [0.15, 0.2) is 0 Å². The molecular weight excluding hydrogens is 216 g/mol. The summed E-state index contributed by atoms with van der Waals surface area (Å²) in [6.45, 7) is 1.87. The molecule has 1 aliphatic heterocycles. The molecule has 17 heavy (non-hydrogen) atoms. The first kappa shape index (κ1) is 11.6. The third-order valence-electron chi connectivity index (χ3n) is 3.04. The second kappa shape index (κ2) is 4.99. The maximum atomic E-state index is 11.7. The molecule has 4 heteroatoms. The van der Waals surface area contributed by atoms with E-state index in [9.17, 15) is 9.59 Å². The Bertz CT molecular complexity index is 417. The van der Waals surface area contributed by atoms with Crippen LogP contribution in [0.2, 0.25) is 0 Å². The van der Waals surface area contributed by atoms with E-state index in [1.807, 2.05) is 30.3 Å². The first-order valence-electron chi connectivity index (χ1n) is 5.77. The molecule has 1 aromatic carbocycles. The third-order valence-corrected chi connectivity index (χ3v) is 3.04. The molecule has 1 aromatic rings. The fourth-order valence-electron chi connectivity index (χ4n) is 1.89. The largest absolute Gasteiger partial charge is 0.336 e. The summed E-state index contributed by atoms with van der Waals surface area (Å²) in [6, 6.07) is 9.98. The molecule has 0 atom stereocenters. The summed E-state index contributed by atoms with van der Waals surface area (Å²) in [4.78, 5) is 26.3. The van der Waals surface area contributed by atoms with Crippen molar-refractivity contribution in [3.8, 4) is 0 Å². The van der Waals surface area contributed by atoms with E-state index in [1.54, 1.807) is 11.9 Å². The Balaban J connectivity index is 1.92. The molecule has 0 N–H and O–H groups in total. The molecule has 1 saturated heterocycles. The van der Waals surface area contributed by atoms with Gasteiger partial charge >= 0.3 is 11.8 Å². The average Bonchev–Trinajstić information content (AvgIpc) is 2.36. The Morgan fingerprint density at radius 3 is 2.47 bits per heavy atom. The van der Waals surface area contributed by atoms with Crippen molar-refractivity contribution >= 4 is 11.8 Å². The monoisotopic (exact) mass is 232 g/mol. The number of amides is 2. The molecule has 90 valence electrons. The van der Waals surface area contributed by atoms with Crippen LogP contribution in [0.1, 0.15) is 5.56 Å². The van der Waals surface area contributed by atoms with Gasteiger partial charge in [-0.05, 0) is 12.0 Å². The number of nitrogens with zero attached hydrogens (tertiary/aromatic N) is 2. The van der Waals surface area contributed by atoms with Crippen molar-refractivity contribution in [2.24, 2.45) is 0 Å². The third kappa shape index (κ3) is 2.64. The van der Waals surface area contributed by atoms with Crippen molar-refractivity contribution in [3.05, 3.63) is 35.9 Å². The van der Waals surface area contributed by atoms with Crippen molar-refractivity contribution < 1.29 is 9.59 Å². The number of hydrogen-bond acceptors (Lipinski definition) is 2. The number of likely N-dealkylation sites (N-methyl/N-ethyl adjacent to an activating group) is 1. The first-order valence-corrected chi connectivity index (χ1v) is 5.77. The second-order valence-corrected chi connectivity index (χ2v) is 4.25. The lowest BCUT2D eigenvalue weighted by Gasteiger charge is -2.31. The van der Waals surface area contributed by atoms with Crippen LogP contribution in [-0.2, 0) is 16.0 Å². The van der Waals surface area contributed by atoms with E-state index >= 15 is 0 Å². The van der Waals surface area contributed by atoms with Gasteiger partial charge in [-0.1, -0.05) is 30.3 Å². The molecule has 0 unspecified atom stereocenters. The molecular formula is C13H16N2O2. The second-order valence-electron chi connectivity index (χ2n) is 4.25. The Hall–Kier alpha value is -1.84. The van der Waals surface area contributed by atoms with Gasteiger partial charge in [-0.15, -0.1) is 0 Å². The molecule has 1 aliphatic rings. The van der Waals surface area contributed by atoms with Gasteiger partial charge < -0.3 is 9.80 Å². The number of piperazine rings is 1. The van der Waals surface area contributed by atoms with E-state index < -0.39 is 5.91 Å². The fourth-order valence-corrected chi connectivity index (χ4v) is 1.89. The molecule has 0 radical (unpaired) electrons. The summed E-state index contributed by atoms with van der Waals surface area (Å²) < 4.78 is 0. The molecule has 0 saturated carbocycles. The lowest BCUT2D eigenvalue weighted by Crippen LogP contribution is -2.53. The van der Waals surface area contributed by atoms with Crippen LogP contribution in [-0.4, -0.2) is 48.3 Å². The summed E-state index contributed by atoms with van der Waals surface area (Å²) in [6.07, 6.45) is 0.795. The van der Waals surface area contributed by atoms with Gasteiger partial charge in [0.2, 0.25) is 0 Å². The van der Waals surface area contributed by atoms with E-state index in [-0.39, 0.29) is 5.91 Å². The lowest BCUT2D eigenvalue weighted by molar-refractivity contribution is -0.154. The summed E-state index contributed by atoms with van der Waals surface area (Å²) in [5.74, 6) is -0.779. The maximum absolute atomic E-state index is 11.7. The predicted octanol–water partition coefficient (Wildman–Crippen LogP) is 0.530. The molecule has 2 amide bonds. The molecule has 4 nitrogen and oxygen atoms in total. The van der Waals surface area contributed by atoms with Gasteiger partial charge in [0.25, 0.3) is 0 Å². The minimum absolute atomic E-state index is 0.380. The van der Waals surface area contributed by atoms with E-state index in [0.29, 0.717) is 19.6 Å². The minimum atomic E-state index is -0.399. The molecule has 2 rings (SSSR count). The van der Waals surface area contributed by atoms with Crippen LogP contribution >= 0.6 is 0 Å². The molecule has 0 spiro atoms. The van der Waals surface area contributed by atoms with E-state index in [2.05, 4.69) is 0 Å². The van der Waals surface area contributed by atoms with Crippen LogP contribution in [0, 0.1) is 0 Å². The molecule has 0 bridgehead atoms. The zero-order valence-corrected chi connectivity index (χ0v) is 9.93. The highest BCUT2D eigenvalue weighted by molar-refractivity contribution is 6.35. The predicted molar refractivity (Wildman–Crippen MR) is 64.4 cm³/mol. The van der Waals surface area contributed by atoms with Crippen molar-refractivity contribution in [2.75, 3.05) is 26.7 Å². The SMILES string of the molecule is CN1CCN(CCc2ccccc2)C(=O)C1=O. The molecule has 0 aliphatic carbocycles. The lowest BCUT2D eigenvalue weighted by atomic mass is 10.1. The Kier molecular flexibility index (Phi) is 3.42. The van der Waals surface area contributed by atoms with Gasteiger partial charge in [-0.3, -0.25) is 9.59 Å². The topological polar surface area (TPSA) is 40.6 Å². The highest BCUT2D eigenvalue weighted by Crippen LogP contribution is 2.06. The van der Waals surface area contributed by atoms with Crippen LogP contribution in [0.15, 0.2) is 30.3 Å². The zero-order chi connectivity index (χ0) is 12.3. The van der Waals surface area contributed by atoms with Crippen LogP contribution in [0.25, 0.3) is 0 Å². The zero-order valence-electron chi connectivity index (χ0n) is 9.93. The number of rotatable bonds is 3. The van der Waals surface area contributed by atoms with Gasteiger partial charge in [0.05, 0.1) is 0 Å².